The average molecular weight is 362 g/mol. The fraction of sp³-hybridized carbons (Fsp3) is 0.600. The lowest BCUT2D eigenvalue weighted by atomic mass is 9.77. The number of halogens is 1. The highest BCUT2D eigenvalue weighted by Gasteiger charge is 2.45. The van der Waals surface area contributed by atoms with Crippen molar-refractivity contribution in [3.63, 3.8) is 0 Å². The summed E-state index contributed by atoms with van der Waals surface area (Å²) >= 11 is 0. The first-order valence-corrected chi connectivity index (χ1v) is 9.51. The number of morpholine rings is 1. The van der Waals surface area contributed by atoms with Crippen molar-refractivity contribution in [1.29, 1.82) is 0 Å². The lowest BCUT2D eigenvalue weighted by Crippen LogP contribution is -2.55. The van der Waals surface area contributed by atoms with Crippen molar-refractivity contribution in [2.75, 3.05) is 26.3 Å². The summed E-state index contributed by atoms with van der Waals surface area (Å²) in [5.41, 5.74) is -0.423. The van der Waals surface area contributed by atoms with E-state index in [9.17, 15) is 14.0 Å². The van der Waals surface area contributed by atoms with Gasteiger partial charge in [0.15, 0.2) is 0 Å². The molecule has 1 saturated carbocycles. The Hall–Kier alpha value is -1.95. The van der Waals surface area contributed by atoms with Crippen LogP contribution in [0.1, 0.15) is 44.6 Å². The van der Waals surface area contributed by atoms with E-state index in [1.807, 2.05) is 6.92 Å². The van der Waals surface area contributed by atoms with Crippen LogP contribution < -0.4 is 5.32 Å². The highest BCUT2D eigenvalue weighted by molar-refractivity contribution is 5.93. The van der Waals surface area contributed by atoms with E-state index in [4.69, 9.17) is 4.74 Å². The maximum absolute atomic E-state index is 14.4. The van der Waals surface area contributed by atoms with E-state index in [-0.39, 0.29) is 17.6 Å². The number of carbonyl (C=O) groups excluding carboxylic acids is 2. The van der Waals surface area contributed by atoms with E-state index in [2.05, 4.69) is 5.32 Å². The molecule has 142 valence electrons. The van der Waals surface area contributed by atoms with Gasteiger partial charge in [-0.3, -0.25) is 9.59 Å². The van der Waals surface area contributed by atoms with Crippen molar-refractivity contribution < 1.29 is 18.7 Å². The second-order valence-electron chi connectivity index (χ2n) is 7.14. The molecular formula is C20H27FN2O3. The molecule has 1 aliphatic carbocycles. The maximum Gasteiger partial charge on any atom is 0.245 e. The fourth-order valence-corrected chi connectivity index (χ4v) is 4.09. The first-order chi connectivity index (χ1) is 12.6. The van der Waals surface area contributed by atoms with Gasteiger partial charge in [-0.15, -0.1) is 0 Å². The van der Waals surface area contributed by atoms with Crippen molar-refractivity contribution in [2.45, 2.75) is 50.5 Å². The molecule has 1 heterocycles. The van der Waals surface area contributed by atoms with Crippen LogP contribution in [0.5, 0.6) is 0 Å². The number of rotatable bonds is 5. The van der Waals surface area contributed by atoms with Gasteiger partial charge in [0.05, 0.1) is 18.6 Å². The Bertz CT molecular complexity index is 652. The molecular weight excluding hydrogens is 335 g/mol. The van der Waals surface area contributed by atoms with Crippen molar-refractivity contribution in [3.05, 3.63) is 35.6 Å². The van der Waals surface area contributed by atoms with Crippen molar-refractivity contribution >= 4 is 11.8 Å². The molecule has 1 aromatic carbocycles. The van der Waals surface area contributed by atoms with Gasteiger partial charge >= 0.3 is 0 Å². The van der Waals surface area contributed by atoms with Crippen LogP contribution in [0.2, 0.25) is 0 Å². The Morgan fingerprint density at radius 2 is 1.88 bits per heavy atom. The third-order valence-corrected chi connectivity index (χ3v) is 5.62. The quantitative estimate of drug-likeness (QED) is 0.875. The number of hydrogen-bond donors (Lipinski definition) is 1. The van der Waals surface area contributed by atoms with Gasteiger partial charge in [0.25, 0.3) is 0 Å². The predicted molar refractivity (Wildman–Crippen MR) is 96.2 cm³/mol. The summed E-state index contributed by atoms with van der Waals surface area (Å²) in [6.45, 7) is 4.02. The smallest absolute Gasteiger partial charge is 0.245 e. The maximum atomic E-state index is 14.4. The van der Waals surface area contributed by atoms with Gasteiger partial charge in [0.2, 0.25) is 11.8 Å². The standard InChI is InChI=1S/C20H27FN2O3/c1-2-17(18(24)23-11-13-26-14-12-23)22-19(25)20(9-5-6-10-20)15-7-3-4-8-16(15)21/h3-4,7-8,17H,2,5-6,9-14H2,1H3,(H,22,25). The van der Waals surface area contributed by atoms with Gasteiger partial charge < -0.3 is 15.0 Å². The van der Waals surface area contributed by atoms with E-state index < -0.39 is 11.5 Å². The van der Waals surface area contributed by atoms with E-state index in [0.29, 0.717) is 51.1 Å². The number of amides is 2. The van der Waals surface area contributed by atoms with Crippen LogP contribution in [0.4, 0.5) is 4.39 Å². The third-order valence-electron chi connectivity index (χ3n) is 5.62. The first-order valence-electron chi connectivity index (χ1n) is 9.51. The third kappa shape index (κ3) is 3.61. The first kappa shape index (κ1) is 18.8. The van der Waals surface area contributed by atoms with Crippen LogP contribution in [0.15, 0.2) is 24.3 Å². The van der Waals surface area contributed by atoms with E-state index >= 15 is 0 Å². The largest absolute Gasteiger partial charge is 0.378 e. The molecule has 0 radical (unpaired) electrons. The summed E-state index contributed by atoms with van der Waals surface area (Å²) in [5.74, 6) is -0.656. The van der Waals surface area contributed by atoms with Crippen LogP contribution in [-0.4, -0.2) is 49.1 Å². The zero-order valence-corrected chi connectivity index (χ0v) is 15.3. The van der Waals surface area contributed by atoms with Gasteiger partial charge in [0.1, 0.15) is 11.9 Å². The molecule has 0 aromatic heterocycles. The summed E-state index contributed by atoms with van der Waals surface area (Å²) in [7, 11) is 0. The van der Waals surface area contributed by atoms with Gasteiger partial charge in [-0.05, 0) is 25.3 Å². The summed E-state index contributed by atoms with van der Waals surface area (Å²) in [6.07, 6.45) is 3.51. The number of nitrogens with one attached hydrogen (secondary N) is 1. The molecule has 5 nitrogen and oxygen atoms in total. The van der Waals surface area contributed by atoms with Gasteiger partial charge in [0, 0.05) is 18.7 Å². The second-order valence-corrected chi connectivity index (χ2v) is 7.14. The number of nitrogens with zero attached hydrogens (tertiary/aromatic N) is 1. The summed E-state index contributed by atoms with van der Waals surface area (Å²) in [6, 6.07) is 5.92. The van der Waals surface area contributed by atoms with Crippen LogP contribution in [0.3, 0.4) is 0 Å². The Morgan fingerprint density at radius 1 is 1.23 bits per heavy atom. The van der Waals surface area contributed by atoms with Crippen molar-refractivity contribution in [1.82, 2.24) is 10.2 Å². The van der Waals surface area contributed by atoms with Crippen LogP contribution in [-0.2, 0) is 19.7 Å². The fourth-order valence-electron chi connectivity index (χ4n) is 4.09. The summed E-state index contributed by atoms with van der Waals surface area (Å²) in [5, 5.41) is 2.93. The van der Waals surface area contributed by atoms with Gasteiger partial charge in [-0.25, -0.2) is 4.39 Å². The molecule has 1 aliphatic heterocycles. The molecule has 1 N–H and O–H groups in total. The highest BCUT2D eigenvalue weighted by atomic mass is 19.1. The Kier molecular flexibility index (Phi) is 5.91. The van der Waals surface area contributed by atoms with Gasteiger partial charge in [-0.2, -0.15) is 0 Å². The Labute approximate surface area is 153 Å². The molecule has 26 heavy (non-hydrogen) atoms. The number of benzene rings is 1. The molecule has 2 aliphatic rings. The molecule has 1 atom stereocenters. The minimum atomic E-state index is -0.871. The summed E-state index contributed by atoms with van der Waals surface area (Å²) in [4.78, 5) is 27.7. The van der Waals surface area contributed by atoms with E-state index in [0.717, 1.165) is 12.8 Å². The van der Waals surface area contributed by atoms with Crippen LogP contribution in [0.25, 0.3) is 0 Å². The second kappa shape index (κ2) is 8.16. The molecule has 1 unspecified atom stereocenters. The van der Waals surface area contributed by atoms with E-state index in [1.165, 1.54) is 6.07 Å². The zero-order chi connectivity index (χ0) is 18.6. The normalized spacial score (nSPS) is 20.6. The molecule has 1 saturated heterocycles. The lowest BCUT2D eigenvalue weighted by molar-refractivity contribution is -0.141. The minimum Gasteiger partial charge on any atom is -0.378 e. The predicted octanol–water partition coefficient (Wildman–Crippen LogP) is 2.39. The molecule has 0 spiro atoms. The minimum absolute atomic E-state index is 0.0779. The van der Waals surface area contributed by atoms with Crippen molar-refractivity contribution in [3.8, 4) is 0 Å². The van der Waals surface area contributed by atoms with E-state index in [1.54, 1.807) is 23.1 Å². The highest BCUT2D eigenvalue weighted by Crippen LogP contribution is 2.42. The molecule has 1 aromatic rings. The molecule has 2 fully saturated rings. The summed E-state index contributed by atoms with van der Waals surface area (Å²) < 4.78 is 19.7. The molecule has 6 heteroatoms. The Morgan fingerprint density at radius 3 is 2.50 bits per heavy atom. The number of ether oxygens (including phenoxy) is 1. The molecule has 0 bridgehead atoms. The zero-order valence-electron chi connectivity index (χ0n) is 15.3. The van der Waals surface area contributed by atoms with Crippen LogP contribution in [0, 0.1) is 5.82 Å². The molecule has 2 amide bonds. The SMILES string of the molecule is CCC(NC(=O)C1(c2ccccc2F)CCCC1)C(=O)N1CCOCC1. The monoisotopic (exact) mass is 362 g/mol. The number of carbonyl (C=O) groups is 2. The lowest BCUT2D eigenvalue weighted by Gasteiger charge is -2.33. The van der Waals surface area contributed by atoms with Crippen LogP contribution >= 0.6 is 0 Å². The van der Waals surface area contributed by atoms with Gasteiger partial charge in [-0.1, -0.05) is 38.0 Å². The number of hydrogen-bond acceptors (Lipinski definition) is 3. The Balaban J connectivity index is 1.79. The topological polar surface area (TPSA) is 58.6 Å². The van der Waals surface area contributed by atoms with Crippen molar-refractivity contribution in [2.24, 2.45) is 0 Å². The molecule has 3 rings (SSSR count). The average Bonchev–Trinajstić information content (AvgIpc) is 3.17.